The number of likely N-dealkylation sites (N-methyl/N-ethyl adjacent to an activating group) is 1. The second-order valence-corrected chi connectivity index (χ2v) is 5.72. The minimum atomic E-state index is -0.453. The Bertz CT molecular complexity index is 644. The molecule has 1 aliphatic rings. The van der Waals surface area contributed by atoms with Crippen LogP contribution < -0.4 is 11.1 Å². The number of hydrogen-bond donors (Lipinski definition) is 2. The number of nitrogen functional groups attached to an aromatic ring is 1. The summed E-state index contributed by atoms with van der Waals surface area (Å²) in [6, 6.07) is 6.77. The lowest BCUT2D eigenvalue weighted by Gasteiger charge is -2.33. The van der Waals surface area contributed by atoms with E-state index in [0.717, 1.165) is 32.7 Å². The zero-order valence-corrected chi connectivity index (χ0v) is 13.8. The van der Waals surface area contributed by atoms with Gasteiger partial charge >= 0.3 is 0 Å². The van der Waals surface area contributed by atoms with Crippen LogP contribution in [-0.2, 0) is 4.79 Å². The van der Waals surface area contributed by atoms with E-state index in [0.29, 0.717) is 16.4 Å². The van der Waals surface area contributed by atoms with Crippen molar-refractivity contribution in [3.8, 4) is 6.07 Å². The van der Waals surface area contributed by atoms with Crippen LogP contribution in [0.25, 0.3) is 0 Å². The van der Waals surface area contributed by atoms with Gasteiger partial charge in [-0.3, -0.25) is 4.79 Å². The lowest BCUT2D eigenvalue weighted by atomic mass is 10.2. The molecule has 1 aromatic carbocycles. The van der Waals surface area contributed by atoms with Crippen molar-refractivity contribution in [3.05, 3.63) is 35.0 Å². The molecule has 1 aliphatic heterocycles. The first-order valence-electron chi connectivity index (χ1n) is 7.48. The van der Waals surface area contributed by atoms with E-state index in [-0.39, 0.29) is 5.57 Å². The summed E-state index contributed by atoms with van der Waals surface area (Å²) in [5, 5.41) is 12.3. The highest BCUT2D eigenvalue weighted by Crippen LogP contribution is 2.22. The number of benzene rings is 1. The molecule has 1 aromatic rings. The molecule has 0 bridgehead atoms. The van der Waals surface area contributed by atoms with Crippen LogP contribution in [0.15, 0.2) is 30.0 Å². The number of nitriles is 1. The summed E-state index contributed by atoms with van der Waals surface area (Å²) in [5.74, 6) is -0.453. The Morgan fingerprint density at radius 2 is 2.13 bits per heavy atom. The van der Waals surface area contributed by atoms with Crippen LogP contribution in [-0.4, -0.2) is 48.4 Å². The lowest BCUT2D eigenvalue weighted by molar-refractivity contribution is -0.112. The van der Waals surface area contributed by atoms with Crippen LogP contribution in [0.3, 0.4) is 0 Å². The van der Waals surface area contributed by atoms with E-state index in [9.17, 15) is 10.1 Å². The van der Waals surface area contributed by atoms with Gasteiger partial charge in [-0.05, 0) is 24.7 Å². The van der Waals surface area contributed by atoms with Gasteiger partial charge < -0.3 is 20.9 Å². The molecule has 6 nitrogen and oxygen atoms in total. The molecule has 0 atom stereocenters. The molecule has 122 valence electrons. The molecule has 3 N–H and O–H groups in total. The summed E-state index contributed by atoms with van der Waals surface area (Å²) in [4.78, 5) is 16.5. The Labute approximate surface area is 141 Å². The van der Waals surface area contributed by atoms with Crippen molar-refractivity contribution in [2.45, 2.75) is 6.92 Å². The molecule has 7 heteroatoms. The fourth-order valence-electron chi connectivity index (χ4n) is 2.33. The van der Waals surface area contributed by atoms with Gasteiger partial charge in [0, 0.05) is 38.1 Å². The Morgan fingerprint density at radius 3 is 2.70 bits per heavy atom. The van der Waals surface area contributed by atoms with Crippen molar-refractivity contribution in [3.63, 3.8) is 0 Å². The maximum absolute atomic E-state index is 12.2. The summed E-state index contributed by atoms with van der Waals surface area (Å²) in [6.07, 6.45) is 1.63. The number of nitrogens with zero attached hydrogens (tertiary/aromatic N) is 3. The lowest BCUT2D eigenvalue weighted by Crippen LogP contribution is -2.44. The average Bonchev–Trinajstić information content (AvgIpc) is 2.56. The SMILES string of the molecule is CCN1CCN(/C=C(/C#N)C(=O)Nc2ccc(N)c(Cl)c2)CC1. The molecule has 0 radical (unpaired) electrons. The maximum atomic E-state index is 12.2. The van der Waals surface area contributed by atoms with Crippen molar-refractivity contribution < 1.29 is 4.79 Å². The normalized spacial score (nSPS) is 16.0. The van der Waals surface area contributed by atoms with Gasteiger partial charge in [0.05, 0.1) is 10.7 Å². The quantitative estimate of drug-likeness (QED) is 0.499. The molecule has 1 saturated heterocycles. The summed E-state index contributed by atoms with van der Waals surface area (Å²) < 4.78 is 0. The van der Waals surface area contributed by atoms with E-state index in [4.69, 9.17) is 17.3 Å². The topological polar surface area (TPSA) is 85.4 Å². The van der Waals surface area contributed by atoms with E-state index in [1.807, 2.05) is 11.0 Å². The number of nitrogens with two attached hydrogens (primary N) is 1. The van der Waals surface area contributed by atoms with E-state index in [1.54, 1.807) is 24.4 Å². The first kappa shape index (κ1) is 17.1. The van der Waals surface area contributed by atoms with E-state index >= 15 is 0 Å². The molecule has 0 saturated carbocycles. The number of carbonyl (C=O) groups is 1. The highest BCUT2D eigenvalue weighted by Gasteiger charge is 2.16. The van der Waals surface area contributed by atoms with E-state index in [1.165, 1.54) is 0 Å². The zero-order chi connectivity index (χ0) is 16.8. The standard InChI is InChI=1S/C16H20ClN5O/c1-2-21-5-7-22(8-6-21)11-12(10-18)16(23)20-13-3-4-15(19)14(17)9-13/h3-4,9,11H,2,5-8,19H2,1H3,(H,20,23)/b12-11-. The number of nitrogens with one attached hydrogen (secondary N) is 1. The van der Waals surface area contributed by atoms with Crippen LogP contribution in [0, 0.1) is 11.3 Å². The predicted molar refractivity (Wildman–Crippen MR) is 91.9 cm³/mol. The third-order valence-corrected chi connectivity index (χ3v) is 4.12. The van der Waals surface area contributed by atoms with Gasteiger partial charge in [-0.2, -0.15) is 5.26 Å². The Balaban J connectivity index is 2.02. The number of hydrogen-bond acceptors (Lipinski definition) is 5. The zero-order valence-electron chi connectivity index (χ0n) is 13.1. The maximum Gasteiger partial charge on any atom is 0.267 e. The Kier molecular flexibility index (Phi) is 5.85. The molecule has 0 spiro atoms. The van der Waals surface area contributed by atoms with Gasteiger partial charge in [0.1, 0.15) is 11.6 Å². The number of halogens is 1. The molecule has 0 unspecified atom stereocenters. The van der Waals surface area contributed by atoms with Crippen LogP contribution in [0.1, 0.15) is 6.92 Å². The van der Waals surface area contributed by atoms with Crippen LogP contribution in [0.4, 0.5) is 11.4 Å². The third kappa shape index (κ3) is 4.62. The monoisotopic (exact) mass is 333 g/mol. The highest BCUT2D eigenvalue weighted by atomic mass is 35.5. The molecular formula is C16H20ClN5O. The summed E-state index contributed by atoms with van der Waals surface area (Å²) in [5.41, 5.74) is 6.65. The minimum Gasteiger partial charge on any atom is -0.398 e. The molecule has 0 aromatic heterocycles. The molecule has 1 amide bonds. The number of anilines is 2. The first-order chi connectivity index (χ1) is 11.0. The number of amides is 1. The molecular weight excluding hydrogens is 314 g/mol. The van der Waals surface area contributed by atoms with Gasteiger partial charge in [0.15, 0.2) is 0 Å². The van der Waals surface area contributed by atoms with Crippen molar-refractivity contribution in [1.29, 1.82) is 5.26 Å². The molecule has 2 rings (SSSR count). The fraction of sp³-hybridized carbons (Fsp3) is 0.375. The number of piperazine rings is 1. The van der Waals surface area contributed by atoms with Crippen molar-refractivity contribution >= 4 is 28.9 Å². The van der Waals surface area contributed by atoms with E-state index < -0.39 is 5.91 Å². The van der Waals surface area contributed by atoms with Crippen molar-refractivity contribution in [2.24, 2.45) is 0 Å². The fourth-order valence-corrected chi connectivity index (χ4v) is 2.51. The highest BCUT2D eigenvalue weighted by molar-refractivity contribution is 6.33. The van der Waals surface area contributed by atoms with Gasteiger partial charge in [0.25, 0.3) is 5.91 Å². The third-order valence-electron chi connectivity index (χ3n) is 3.79. The number of carbonyl (C=O) groups excluding carboxylic acids is 1. The van der Waals surface area contributed by atoms with Crippen molar-refractivity contribution in [1.82, 2.24) is 9.80 Å². The largest absolute Gasteiger partial charge is 0.398 e. The molecule has 1 fully saturated rings. The van der Waals surface area contributed by atoms with Gasteiger partial charge in [-0.25, -0.2) is 0 Å². The predicted octanol–water partition coefficient (Wildman–Crippen LogP) is 1.91. The summed E-state index contributed by atoms with van der Waals surface area (Å²) >= 11 is 5.92. The smallest absolute Gasteiger partial charge is 0.267 e. The summed E-state index contributed by atoms with van der Waals surface area (Å²) in [7, 11) is 0. The Hall–Kier alpha value is -2.23. The Morgan fingerprint density at radius 1 is 1.43 bits per heavy atom. The second kappa shape index (κ2) is 7.86. The van der Waals surface area contributed by atoms with Gasteiger partial charge in [0.2, 0.25) is 0 Å². The molecule has 0 aliphatic carbocycles. The van der Waals surface area contributed by atoms with Crippen molar-refractivity contribution in [2.75, 3.05) is 43.8 Å². The average molecular weight is 334 g/mol. The van der Waals surface area contributed by atoms with E-state index in [2.05, 4.69) is 17.1 Å². The second-order valence-electron chi connectivity index (χ2n) is 5.32. The van der Waals surface area contributed by atoms with Crippen LogP contribution in [0.5, 0.6) is 0 Å². The first-order valence-corrected chi connectivity index (χ1v) is 7.86. The minimum absolute atomic E-state index is 0.0721. The molecule has 23 heavy (non-hydrogen) atoms. The number of rotatable bonds is 4. The molecule has 1 heterocycles. The van der Waals surface area contributed by atoms with Crippen LogP contribution >= 0.6 is 11.6 Å². The van der Waals surface area contributed by atoms with Crippen LogP contribution in [0.2, 0.25) is 5.02 Å². The van der Waals surface area contributed by atoms with Gasteiger partial charge in [-0.1, -0.05) is 18.5 Å². The summed E-state index contributed by atoms with van der Waals surface area (Å²) in [6.45, 7) is 6.61. The van der Waals surface area contributed by atoms with Gasteiger partial charge in [-0.15, -0.1) is 0 Å².